The van der Waals surface area contributed by atoms with Crippen LogP contribution in [-0.4, -0.2) is 41.0 Å². The zero-order valence-electron chi connectivity index (χ0n) is 11.4. The number of urea groups is 1. The van der Waals surface area contributed by atoms with Crippen molar-refractivity contribution in [3.05, 3.63) is 29.3 Å². The van der Waals surface area contributed by atoms with Crippen LogP contribution in [0.4, 0.5) is 4.79 Å². The van der Waals surface area contributed by atoms with E-state index in [4.69, 9.17) is 5.73 Å². The monoisotopic (exact) mass is 304 g/mol. The predicted molar refractivity (Wildman–Crippen MR) is 81.0 cm³/mol. The largest absolute Gasteiger partial charge is 0.351 e. The molecule has 0 bridgehead atoms. The van der Waals surface area contributed by atoms with Crippen LogP contribution in [0, 0.1) is 0 Å². The molecule has 0 radical (unpaired) electrons. The van der Waals surface area contributed by atoms with Gasteiger partial charge >= 0.3 is 6.03 Å². The zero-order valence-corrected chi connectivity index (χ0v) is 12.2. The van der Waals surface area contributed by atoms with Gasteiger partial charge in [-0.25, -0.2) is 9.78 Å². The summed E-state index contributed by atoms with van der Waals surface area (Å²) >= 11 is 1.62. The second-order valence-corrected chi connectivity index (χ2v) is 6.20. The Bertz CT molecular complexity index is 645. The number of para-hydroxylation sites is 1. The predicted octanol–water partition coefficient (Wildman–Crippen LogP) is 1.11. The molecule has 1 saturated heterocycles. The van der Waals surface area contributed by atoms with Crippen LogP contribution in [0.15, 0.2) is 24.3 Å². The maximum absolute atomic E-state index is 11.8. The third kappa shape index (κ3) is 3.13. The Morgan fingerprint density at radius 2 is 2.14 bits per heavy atom. The molecule has 0 atom stereocenters. The van der Waals surface area contributed by atoms with Gasteiger partial charge in [0.25, 0.3) is 0 Å². The molecule has 1 fully saturated rings. The number of aromatic nitrogens is 1. The Hall–Kier alpha value is -2.15. The molecule has 3 rings (SSSR count). The van der Waals surface area contributed by atoms with Crippen molar-refractivity contribution in [2.24, 2.45) is 5.73 Å². The average molecular weight is 304 g/mol. The van der Waals surface area contributed by atoms with E-state index in [2.05, 4.69) is 10.3 Å². The molecular weight excluding hydrogens is 288 g/mol. The number of aryl methyl sites for hydroxylation is 1. The van der Waals surface area contributed by atoms with E-state index in [1.54, 1.807) is 11.3 Å². The van der Waals surface area contributed by atoms with Gasteiger partial charge < -0.3 is 16.0 Å². The van der Waals surface area contributed by atoms with Crippen LogP contribution in [-0.2, 0) is 11.2 Å². The standard InChI is InChI=1S/C14H16N4O2S/c15-14(20)18-7-9(8-18)16-12(19)5-6-13-17-10-3-1-2-4-11(10)21-13/h1-4,9H,5-8H2,(H2,15,20)(H,16,19). The molecule has 0 unspecified atom stereocenters. The number of carbonyl (C=O) groups excluding carboxylic acids is 2. The number of fused-ring (bicyclic) bond motifs is 1. The van der Waals surface area contributed by atoms with E-state index in [-0.39, 0.29) is 11.9 Å². The lowest BCUT2D eigenvalue weighted by Crippen LogP contribution is -2.62. The van der Waals surface area contributed by atoms with Crippen LogP contribution in [0.3, 0.4) is 0 Å². The quantitative estimate of drug-likeness (QED) is 0.887. The minimum absolute atomic E-state index is 0.0108. The number of nitrogens with zero attached hydrogens (tertiary/aromatic N) is 2. The van der Waals surface area contributed by atoms with Gasteiger partial charge in [0.2, 0.25) is 5.91 Å². The molecule has 0 spiro atoms. The number of carbonyl (C=O) groups is 2. The van der Waals surface area contributed by atoms with Gasteiger partial charge in [-0.1, -0.05) is 12.1 Å². The number of hydrogen-bond donors (Lipinski definition) is 2. The second kappa shape index (κ2) is 5.69. The Morgan fingerprint density at radius 3 is 2.86 bits per heavy atom. The maximum atomic E-state index is 11.8. The normalized spacial score (nSPS) is 15.0. The first-order valence-corrected chi connectivity index (χ1v) is 7.61. The van der Waals surface area contributed by atoms with Crippen molar-refractivity contribution >= 4 is 33.5 Å². The number of amides is 3. The van der Waals surface area contributed by atoms with Crippen LogP contribution < -0.4 is 11.1 Å². The van der Waals surface area contributed by atoms with Crippen molar-refractivity contribution in [3.8, 4) is 0 Å². The first-order valence-electron chi connectivity index (χ1n) is 6.80. The van der Waals surface area contributed by atoms with Crippen LogP contribution in [0.1, 0.15) is 11.4 Å². The molecule has 7 heteroatoms. The highest BCUT2D eigenvalue weighted by molar-refractivity contribution is 7.18. The number of likely N-dealkylation sites (tertiary alicyclic amines) is 1. The number of nitrogens with two attached hydrogens (primary N) is 1. The maximum Gasteiger partial charge on any atom is 0.314 e. The van der Waals surface area contributed by atoms with Gasteiger partial charge in [0, 0.05) is 25.9 Å². The summed E-state index contributed by atoms with van der Waals surface area (Å²) in [6.07, 6.45) is 1.05. The Kier molecular flexibility index (Phi) is 3.74. The van der Waals surface area contributed by atoms with Gasteiger partial charge in [0.15, 0.2) is 0 Å². The van der Waals surface area contributed by atoms with E-state index in [0.717, 1.165) is 15.2 Å². The van der Waals surface area contributed by atoms with Crippen molar-refractivity contribution < 1.29 is 9.59 Å². The highest BCUT2D eigenvalue weighted by atomic mass is 32.1. The molecule has 1 aliphatic heterocycles. The molecule has 110 valence electrons. The minimum Gasteiger partial charge on any atom is -0.351 e. The van der Waals surface area contributed by atoms with Crippen molar-refractivity contribution in [1.82, 2.24) is 15.2 Å². The lowest BCUT2D eigenvalue weighted by Gasteiger charge is -2.38. The Balaban J connectivity index is 1.47. The van der Waals surface area contributed by atoms with Crippen molar-refractivity contribution in [2.75, 3.05) is 13.1 Å². The number of hydrogen-bond acceptors (Lipinski definition) is 4. The number of primary amides is 1. The lowest BCUT2D eigenvalue weighted by molar-refractivity contribution is -0.122. The lowest BCUT2D eigenvalue weighted by atomic mass is 10.1. The number of thiazole rings is 1. The van der Waals surface area contributed by atoms with E-state index in [9.17, 15) is 9.59 Å². The highest BCUT2D eigenvalue weighted by Crippen LogP contribution is 2.22. The fourth-order valence-electron chi connectivity index (χ4n) is 2.30. The molecule has 21 heavy (non-hydrogen) atoms. The van der Waals surface area contributed by atoms with E-state index in [0.29, 0.717) is 25.9 Å². The molecular formula is C14H16N4O2S. The van der Waals surface area contributed by atoms with Crippen LogP contribution in [0.5, 0.6) is 0 Å². The van der Waals surface area contributed by atoms with Gasteiger partial charge in [0.05, 0.1) is 21.3 Å². The average Bonchev–Trinajstić information content (AvgIpc) is 2.82. The topological polar surface area (TPSA) is 88.3 Å². The van der Waals surface area contributed by atoms with Crippen molar-refractivity contribution in [3.63, 3.8) is 0 Å². The highest BCUT2D eigenvalue weighted by Gasteiger charge is 2.30. The molecule has 2 aromatic rings. The molecule has 1 aliphatic rings. The zero-order chi connectivity index (χ0) is 14.8. The van der Waals surface area contributed by atoms with Gasteiger partial charge in [-0.2, -0.15) is 0 Å². The molecule has 0 aliphatic carbocycles. The smallest absolute Gasteiger partial charge is 0.314 e. The summed E-state index contributed by atoms with van der Waals surface area (Å²) in [6.45, 7) is 1.00. The Morgan fingerprint density at radius 1 is 1.38 bits per heavy atom. The fraction of sp³-hybridized carbons (Fsp3) is 0.357. The fourth-order valence-corrected chi connectivity index (χ4v) is 3.26. The first kappa shape index (κ1) is 13.8. The van der Waals surface area contributed by atoms with Gasteiger partial charge in [0.1, 0.15) is 0 Å². The van der Waals surface area contributed by atoms with E-state index in [1.165, 1.54) is 4.90 Å². The van der Waals surface area contributed by atoms with Crippen LogP contribution >= 0.6 is 11.3 Å². The minimum atomic E-state index is -0.435. The van der Waals surface area contributed by atoms with Crippen LogP contribution in [0.2, 0.25) is 0 Å². The van der Waals surface area contributed by atoms with Crippen molar-refractivity contribution in [1.29, 1.82) is 0 Å². The molecule has 1 aromatic heterocycles. The molecule has 1 aromatic carbocycles. The summed E-state index contributed by atoms with van der Waals surface area (Å²) < 4.78 is 1.14. The summed E-state index contributed by atoms with van der Waals surface area (Å²) in [5.41, 5.74) is 6.11. The van der Waals surface area contributed by atoms with Gasteiger partial charge in [-0.3, -0.25) is 4.79 Å². The Labute approximate surface area is 125 Å². The number of rotatable bonds is 4. The third-order valence-corrected chi connectivity index (χ3v) is 4.56. The SMILES string of the molecule is NC(=O)N1CC(NC(=O)CCc2nc3ccccc3s2)C1. The summed E-state index contributed by atoms with van der Waals surface area (Å²) in [5, 5.41) is 3.86. The van der Waals surface area contributed by atoms with Gasteiger partial charge in [-0.15, -0.1) is 11.3 Å². The second-order valence-electron chi connectivity index (χ2n) is 5.08. The van der Waals surface area contributed by atoms with E-state index in [1.807, 2.05) is 24.3 Å². The van der Waals surface area contributed by atoms with Crippen LogP contribution in [0.25, 0.3) is 10.2 Å². The number of benzene rings is 1. The van der Waals surface area contributed by atoms with Gasteiger partial charge in [-0.05, 0) is 12.1 Å². The summed E-state index contributed by atoms with van der Waals surface area (Å²) in [6, 6.07) is 7.54. The first-order chi connectivity index (χ1) is 10.1. The van der Waals surface area contributed by atoms with Crippen molar-refractivity contribution in [2.45, 2.75) is 18.9 Å². The third-order valence-electron chi connectivity index (χ3n) is 3.46. The summed E-state index contributed by atoms with van der Waals surface area (Å²) in [7, 11) is 0. The molecule has 3 N–H and O–H groups in total. The molecule has 0 saturated carbocycles. The molecule has 2 heterocycles. The molecule has 3 amide bonds. The van der Waals surface area contributed by atoms with E-state index >= 15 is 0 Å². The summed E-state index contributed by atoms with van der Waals surface area (Å²) in [5.74, 6) is -0.0108. The summed E-state index contributed by atoms with van der Waals surface area (Å²) in [4.78, 5) is 28.7. The van der Waals surface area contributed by atoms with E-state index < -0.39 is 6.03 Å². The molecule has 6 nitrogen and oxygen atoms in total. The number of nitrogens with one attached hydrogen (secondary N) is 1.